The number of hydrogen-bond acceptors (Lipinski definition) is 1. The minimum absolute atomic E-state index is 0.218. The summed E-state index contributed by atoms with van der Waals surface area (Å²) in [7, 11) is 0. The zero-order chi connectivity index (χ0) is 15.7. The molecule has 1 atom stereocenters. The molecule has 0 aromatic heterocycles. The van der Waals surface area contributed by atoms with E-state index in [1.165, 1.54) is 30.7 Å². The zero-order valence-electron chi connectivity index (χ0n) is 12.7. The van der Waals surface area contributed by atoms with Crippen molar-refractivity contribution in [3.8, 4) is 0 Å². The lowest BCUT2D eigenvalue weighted by atomic mass is 9.99. The molecule has 0 heterocycles. The highest BCUT2D eigenvalue weighted by molar-refractivity contribution is 6.32. The first-order valence-corrected chi connectivity index (χ1v) is 7.86. The highest BCUT2D eigenvalue weighted by atomic mass is 35.5. The summed E-state index contributed by atoms with van der Waals surface area (Å²) in [4.78, 5) is 11.8. The highest BCUT2D eigenvalue weighted by Crippen LogP contribution is 2.20. The summed E-state index contributed by atoms with van der Waals surface area (Å²) >= 11 is 5.90. The first kappa shape index (κ1) is 17.7. The summed E-state index contributed by atoms with van der Waals surface area (Å²) in [5.41, 5.74) is 0.243. The van der Waals surface area contributed by atoms with Gasteiger partial charge in [-0.05, 0) is 30.5 Å². The molecule has 0 bridgehead atoms. The summed E-state index contributed by atoms with van der Waals surface area (Å²) in [6, 6.07) is 4.45. The van der Waals surface area contributed by atoms with Gasteiger partial charge in [0.2, 0.25) is 5.91 Å². The van der Waals surface area contributed by atoms with Crippen molar-refractivity contribution in [2.75, 3.05) is 6.54 Å². The van der Waals surface area contributed by atoms with Crippen molar-refractivity contribution in [2.45, 2.75) is 39.5 Å². The number of amides is 1. The Hall–Kier alpha value is -1.35. The van der Waals surface area contributed by atoms with E-state index in [1.54, 1.807) is 6.07 Å². The maximum atomic E-state index is 13.5. The fraction of sp³-hybridized carbons (Fsp3) is 0.471. The van der Waals surface area contributed by atoms with Gasteiger partial charge >= 0.3 is 0 Å². The average molecular weight is 312 g/mol. The van der Waals surface area contributed by atoms with Gasteiger partial charge in [-0.2, -0.15) is 0 Å². The predicted molar refractivity (Wildman–Crippen MR) is 86.8 cm³/mol. The van der Waals surface area contributed by atoms with Gasteiger partial charge in [-0.25, -0.2) is 4.39 Å². The lowest BCUT2D eigenvalue weighted by molar-refractivity contribution is -0.116. The van der Waals surface area contributed by atoms with E-state index in [9.17, 15) is 9.18 Å². The summed E-state index contributed by atoms with van der Waals surface area (Å²) in [5, 5.41) is 3.16. The minimum atomic E-state index is -0.430. The van der Waals surface area contributed by atoms with Crippen LogP contribution in [0.2, 0.25) is 5.02 Å². The third kappa shape index (κ3) is 6.30. The zero-order valence-corrected chi connectivity index (χ0v) is 13.4. The topological polar surface area (TPSA) is 29.1 Å². The van der Waals surface area contributed by atoms with Gasteiger partial charge in [-0.3, -0.25) is 4.79 Å². The Morgan fingerprint density at radius 1 is 1.43 bits per heavy atom. The van der Waals surface area contributed by atoms with Gasteiger partial charge in [0.25, 0.3) is 0 Å². The Morgan fingerprint density at radius 2 is 2.19 bits per heavy atom. The fourth-order valence-corrected chi connectivity index (χ4v) is 2.30. The summed E-state index contributed by atoms with van der Waals surface area (Å²) in [6.45, 7) is 4.94. The van der Waals surface area contributed by atoms with Gasteiger partial charge in [-0.1, -0.05) is 50.8 Å². The Balaban J connectivity index is 2.51. The minimum Gasteiger partial charge on any atom is -0.352 e. The summed E-state index contributed by atoms with van der Waals surface area (Å²) in [6.07, 6.45) is 7.25. The maximum absolute atomic E-state index is 13.5. The van der Waals surface area contributed by atoms with E-state index in [4.69, 9.17) is 11.6 Å². The van der Waals surface area contributed by atoms with Crippen molar-refractivity contribution < 1.29 is 9.18 Å². The van der Waals surface area contributed by atoms with Crippen molar-refractivity contribution in [3.63, 3.8) is 0 Å². The van der Waals surface area contributed by atoms with Crippen LogP contribution in [-0.2, 0) is 4.79 Å². The second-order valence-corrected chi connectivity index (χ2v) is 5.54. The van der Waals surface area contributed by atoms with Crippen molar-refractivity contribution in [3.05, 3.63) is 40.7 Å². The monoisotopic (exact) mass is 311 g/mol. The van der Waals surface area contributed by atoms with Crippen molar-refractivity contribution in [2.24, 2.45) is 5.92 Å². The Bertz CT molecular complexity index is 467. The van der Waals surface area contributed by atoms with Gasteiger partial charge in [0.1, 0.15) is 5.82 Å². The van der Waals surface area contributed by atoms with Gasteiger partial charge < -0.3 is 5.32 Å². The summed E-state index contributed by atoms with van der Waals surface area (Å²) in [5.74, 6) is -0.149. The molecule has 0 spiro atoms. The van der Waals surface area contributed by atoms with E-state index in [2.05, 4.69) is 19.2 Å². The van der Waals surface area contributed by atoms with E-state index in [0.29, 0.717) is 17.5 Å². The molecule has 1 rings (SSSR count). The molecule has 1 aromatic carbocycles. The molecular formula is C17H23ClFNO. The van der Waals surface area contributed by atoms with Crippen LogP contribution in [0.1, 0.15) is 45.1 Å². The van der Waals surface area contributed by atoms with Crippen molar-refractivity contribution in [1.82, 2.24) is 5.32 Å². The second kappa shape index (κ2) is 9.56. The molecule has 0 fully saturated rings. The van der Waals surface area contributed by atoms with Gasteiger partial charge in [0.15, 0.2) is 0 Å². The molecule has 0 unspecified atom stereocenters. The average Bonchev–Trinajstić information content (AvgIpc) is 2.47. The number of nitrogens with one attached hydrogen (secondary N) is 1. The lowest BCUT2D eigenvalue weighted by Crippen LogP contribution is -2.27. The molecule has 0 saturated heterocycles. The third-order valence-corrected chi connectivity index (χ3v) is 3.84. The van der Waals surface area contributed by atoms with Crippen LogP contribution in [0.3, 0.4) is 0 Å². The maximum Gasteiger partial charge on any atom is 0.244 e. The van der Waals surface area contributed by atoms with Crippen LogP contribution in [0.5, 0.6) is 0 Å². The molecule has 1 N–H and O–H groups in total. The fourth-order valence-electron chi connectivity index (χ4n) is 2.08. The standard InChI is InChI=1S/C17H23ClFNO/c1-3-5-7-13(4-2)12-20-17(21)11-10-14-15(18)8-6-9-16(14)19/h6,8-11,13H,3-5,7,12H2,1-2H3,(H,20,21)/b11-10+/t13-/m1/s1. The van der Waals surface area contributed by atoms with Crippen LogP contribution in [0.4, 0.5) is 4.39 Å². The van der Waals surface area contributed by atoms with E-state index >= 15 is 0 Å². The first-order chi connectivity index (χ1) is 10.1. The second-order valence-electron chi connectivity index (χ2n) is 5.13. The van der Waals surface area contributed by atoms with E-state index in [-0.39, 0.29) is 11.5 Å². The molecule has 0 aliphatic rings. The van der Waals surface area contributed by atoms with Crippen LogP contribution in [-0.4, -0.2) is 12.5 Å². The normalized spacial score (nSPS) is 12.6. The van der Waals surface area contributed by atoms with Gasteiger partial charge in [0.05, 0.1) is 5.02 Å². The molecule has 0 saturated carbocycles. The van der Waals surface area contributed by atoms with Crippen LogP contribution < -0.4 is 5.32 Å². The summed E-state index contributed by atoms with van der Waals surface area (Å²) < 4.78 is 13.5. The lowest BCUT2D eigenvalue weighted by Gasteiger charge is -2.14. The van der Waals surface area contributed by atoms with Crippen LogP contribution in [0.15, 0.2) is 24.3 Å². The quantitative estimate of drug-likeness (QED) is 0.685. The molecule has 2 nitrogen and oxygen atoms in total. The predicted octanol–water partition coefficient (Wildman–Crippen LogP) is 4.82. The molecule has 4 heteroatoms. The number of carbonyl (C=O) groups excluding carboxylic acids is 1. The number of unbranched alkanes of at least 4 members (excludes halogenated alkanes) is 1. The molecular weight excluding hydrogens is 289 g/mol. The molecule has 116 valence electrons. The van der Waals surface area contributed by atoms with Crippen LogP contribution in [0, 0.1) is 11.7 Å². The molecule has 0 aliphatic carbocycles. The molecule has 0 aliphatic heterocycles. The third-order valence-electron chi connectivity index (χ3n) is 3.51. The van der Waals surface area contributed by atoms with E-state index in [1.807, 2.05) is 0 Å². The SMILES string of the molecule is CCCC[C@@H](CC)CNC(=O)/C=C/c1c(F)cccc1Cl. The molecule has 1 aromatic rings. The number of halogens is 2. The first-order valence-electron chi connectivity index (χ1n) is 7.48. The van der Waals surface area contributed by atoms with E-state index in [0.717, 1.165) is 19.3 Å². The molecule has 1 amide bonds. The highest BCUT2D eigenvalue weighted by Gasteiger charge is 2.07. The molecule has 21 heavy (non-hydrogen) atoms. The smallest absolute Gasteiger partial charge is 0.244 e. The van der Waals surface area contributed by atoms with Gasteiger partial charge in [0, 0.05) is 18.2 Å². The number of carbonyl (C=O) groups is 1. The number of rotatable bonds is 8. The van der Waals surface area contributed by atoms with E-state index < -0.39 is 5.82 Å². The Labute approximate surface area is 131 Å². The van der Waals surface area contributed by atoms with Gasteiger partial charge in [-0.15, -0.1) is 0 Å². The Kier molecular flexibility index (Phi) is 8.06. The molecule has 0 radical (unpaired) electrons. The largest absolute Gasteiger partial charge is 0.352 e. The van der Waals surface area contributed by atoms with Crippen molar-refractivity contribution >= 4 is 23.6 Å². The Morgan fingerprint density at radius 3 is 2.81 bits per heavy atom. The van der Waals surface area contributed by atoms with Crippen molar-refractivity contribution in [1.29, 1.82) is 0 Å². The van der Waals surface area contributed by atoms with Crippen LogP contribution in [0.25, 0.3) is 6.08 Å². The van der Waals surface area contributed by atoms with Crippen LogP contribution >= 0.6 is 11.6 Å². The number of hydrogen-bond donors (Lipinski definition) is 1. The number of benzene rings is 1.